The highest BCUT2D eigenvalue weighted by atomic mass is 16.5. The number of rotatable bonds is 4. The highest BCUT2D eigenvalue weighted by Gasteiger charge is 2.58. The highest BCUT2D eigenvalue weighted by molar-refractivity contribution is 5.90. The van der Waals surface area contributed by atoms with Crippen LogP contribution in [-0.4, -0.2) is 45.7 Å². The summed E-state index contributed by atoms with van der Waals surface area (Å²) in [5.74, 6) is -0.913. The fraction of sp³-hybridized carbons (Fsp3) is 0.609. The Labute approximate surface area is 172 Å². The highest BCUT2D eigenvalue weighted by Crippen LogP contribution is 2.55. The van der Waals surface area contributed by atoms with Gasteiger partial charge in [0.2, 0.25) is 0 Å². The van der Waals surface area contributed by atoms with E-state index in [9.17, 15) is 20.1 Å². The SMILES string of the molecule is COc1cc(C(=O)OC2CC(C)(O)CCC3(C)C=CC(O)(C(C)C)C23)ccc1O. The molecule has 0 aromatic heterocycles. The molecule has 6 nitrogen and oxygen atoms in total. The van der Waals surface area contributed by atoms with Gasteiger partial charge in [0.05, 0.1) is 23.9 Å². The number of esters is 1. The number of aromatic hydroxyl groups is 1. The van der Waals surface area contributed by atoms with Crippen molar-refractivity contribution in [2.45, 2.75) is 64.3 Å². The van der Waals surface area contributed by atoms with E-state index in [4.69, 9.17) is 9.47 Å². The van der Waals surface area contributed by atoms with Crippen LogP contribution in [0, 0.1) is 17.3 Å². The number of phenols is 1. The van der Waals surface area contributed by atoms with E-state index in [1.165, 1.54) is 25.3 Å². The maximum atomic E-state index is 12.9. The van der Waals surface area contributed by atoms with Crippen molar-refractivity contribution in [2.75, 3.05) is 7.11 Å². The van der Waals surface area contributed by atoms with Crippen molar-refractivity contribution in [2.24, 2.45) is 17.3 Å². The third-order valence-electron chi connectivity index (χ3n) is 6.75. The minimum atomic E-state index is -1.13. The number of phenolic OH excluding ortho intramolecular Hbond substituents is 1. The summed E-state index contributed by atoms with van der Waals surface area (Å²) in [6, 6.07) is 4.27. The molecule has 5 unspecified atom stereocenters. The molecule has 160 valence electrons. The van der Waals surface area contributed by atoms with Crippen molar-refractivity contribution in [3.63, 3.8) is 0 Å². The van der Waals surface area contributed by atoms with Gasteiger partial charge in [0.1, 0.15) is 6.10 Å². The number of carbonyl (C=O) groups excluding carboxylic acids is 1. The Bertz CT molecular complexity index is 814. The molecule has 3 rings (SSSR count). The van der Waals surface area contributed by atoms with Gasteiger partial charge in [-0.1, -0.05) is 32.9 Å². The third-order valence-corrected chi connectivity index (χ3v) is 6.75. The molecule has 1 aromatic carbocycles. The molecule has 0 aliphatic heterocycles. The standard InChI is InChI=1S/C23H32O6/c1-14(2)23(27)11-9-21(3)8-10-22(4,26)13-18(19(21)23)29-20(25)15-6-7-16(24)17(12-15)28-5/h6-7,9,11-12,14,18-19,24,26-27H,8,10,13H2,1-5H3. The molecule has 2 aliphatic carbocycles. The summed E-state index contributed by atoms with van der Waals surface area (Å²) >= 11 is 0. The maximum Gasteiger partial charge on any atom is 0.338 e. The van der Waals surface area contributed by atoms with Crippen LogP contribution in [0.5, 0.6) is 11.5 Å². The van der Waals surface area contributed by atoms with Crippen molar-refractivity contribution in [1.82, 2.24) is 0 Å². The van der Waals surface area contributed by atoms with Gasteiger partial charge in [-0.05, 0) is 49.3 Å². The third kappa shape index (κ3) is 3.88. The number of benzene rings is 1. The molecule has 1 fully saturated rings. The first-order valence-electron chi connectivity index (χ1n) is 10.1. The summed E-state index contributed by atoms with van der Waals surface area (Å²) in [5, 5.41) is 32.1. The number of methoxy groups -OCH3 is 1. The van der Waals surface area contributed by atoms with Gasteiger partial charge in [-0.25, -0.2) is 4.79 Å². The second-order valence-electron chi connectivity index (χ2n) is 9.39. The number of allylic oxidation sites excluding steroid dienone is 1. The van der Waals surface area contributed by atoms with E-state index in [2.05, 4.69) is 6.92 Å². The zero-order valence-corrected chi connectivity index (χ0v) is 17.8. The van der Waals surface area contributed by atoms with E-state index in [-0.39, 0.29) is 35.3 Å². The van der Waals surface area contributed by atoms with Crippen LogP contribution < -0.4 is 4.74 Å². The number of hydrogen-bond acceptors (Lipinski definition) is 6. The smallest absolute Gasteiger partial charge is 0.338 e. The second-order valence-corrected chi connectivity index (χ2v) is 9.39. The van der Waals surface area contributed by atoms with Crippen LogP contribution in [0.2, 0.25) is 0 Å². The molecule has 0 radical (unpaired) electrons. The van der Waals surface area contributed by atoms with E-state index >= 15 is 0 Å². The quantitative estimate of drug-likeness (QED) is 0.525. The van der Waals surface area contributed by atoms with Gasteiger partial charge in [-0.2, -0.15) is 0 Å². The molecule has 2 aliphatic rings. The van der Waals surface area contributed by atoms with Gasteiger partial charge < -0.3 is 24.8 Å². The van der Waals surface area contributed by atoms with Crippen molar-refractivity contribution in [3.05, 3.63) is 35.9 Å². The number of hydrogen-bond donors (Lipinski definition) is 3. The van der Waals surface area contributed by atoms with Crippen LogP contribution in [0.4, 0.5) is 0 Å². The molecule has 1 saturated carbocycles. The summed E-state index contributed by atoms with van der Waals surface area (Å²) in [7, 11) is 1.41. The lowest BCUT2D eigenvalue weighted by Crippen LogP contribution is -2.51. The molecular formula is C23H32O6. The van der Waals surface area contributed by atoms with Crippen molar-refractivity contribution < 1.29 is 29.6 Å². The topological polar surface area (TPSA) is 96.2 Å². The van der Waals surface area contributed by atoms with Gasteiger partial charge in [0.15, 0.2) is 11.5 Å². The van der Waals surface area contributed by atoms with Gasteiger partial charge in [-0.15, -0.1) is 0 Å². The minimum absolute atomic E-state index is 0.0665. The Hall–Kier alpha value is -2.05. The number of ether oxygens (including phenoxy) is 2. The van der Waals surface area contributed by atoms with Crippen molar-refractivity contribution >= 4 is 5.97 Å². The van der Waals surface area contributed by atoms with E-state index in [1.807, 2.05) is 26.0 Å². The lowest BCUT2D eigenvalue weighted by molar-refractivity contribution is -0.105. The van der Waals surface area contributed by atoms with Crippen LogP contribution in [0.1, 0.15) is 57.3 Å². The Kier molecular flexibility index (Phi) is 5.47. The number of fused-ring (bicyclic) bond motifs is 1. The van der Waals surface area contributed by atoms with Crippen LogP contribution in [0.15, 0.2) is 30.4 Å². The normalized spacial score (nSPS) is 36.6. The van der Waals surface area contributed by atoms with Gasteiger partial charge >= 0.3 is 5.97 Å². The molecule has 0 heterocycles. The van der Waals surface area contributed by atoms with E-state index in [0.717, 1.165) is 0 Å². The van der Waals surface area contributed by atoms with Crippen molar-refractivity contribution in [1.29, 1.82) is 0 Å². The van der Waals surface area contributed by atoms with Crippen LogP contribution in [0.25, 0.3) is 0 Å². The molecule has 0 saturated heterocycles. The molecule has 5 atom stereocenters. The Morgan fingerprint density at radius 2 is 1.86 bits per heavy atom. The molecule has 1 aromatic rings. The maximum absolute atomic E-state index is 12.9. The number of carbonyl (C=O) groups is 1. The Morgan fingerprint density at radius 1 is 1.17 bits per heavy atom. The van der Waals surface area contributed by atoms with Crippen LogP contribution in [0.3, 0.4) is 0 Å². The lowest BCUT2D eigenvalue weighted by atomic mass is 9.67. The fourth-order valence-electron chi connectivity index (χ4n) is 4.88. The molecule has 0 spiro atoms. The van der Waals surface area contributed by atoms with Crippen LogP contribution in [-0.2, 0) is 4.74 Å². The average Bonchev–Trinajstić information content (AvgIpc) is 2.87. The zero-order valence-electron chi connectivity index (χ0n) is 17.8. The molecule has 6 heteroatoms. The lowest BCUT2D eigenvalue weighted by Gasteiger charge is -2.43. The molecule has 29 heavy (non-hydrogen) atoms. The predicted octanol–water partition coefficient (Wildman–Crippen LogP) is 3.44. The second kappa shape index (κ2) is 7.33. The largest absolute Gasteiger partial charge is 0.504 e. The van der Waals surface area contributed by atoms with E-state index < -0.39 is 28.7 Å². The predicted molar refractivity (Wildman–Crippen MR) is 109 cm³/mol. The van der Waals surface area contributed by atoms with E-state index in [0.29, 0.717) is 12.8 Å². The van der Waals surface area contributed by atoms with Crippen LogP contribution >= 0.6 is 0 Å². The summed E-state index contributed by atoms with van der Waals surface area (Å²) in [4.78, 5) is 12.9. The summed E-state index contributed by atoms with van der Waals surface area (Å²) in [6.07, 6.45) is 4.67. The first-order valence-corrected chi connectivity index (χ1v) is 10.1. The summed E-state index contributed by atoms with van der Waals surface area (Å²) in [6.45, 7) is 7.70. The fourth-order valence-corrected chi connectivity index (χ4v) is 4.88. The molecule has 3 N–H and O–H groups in total. The monoisotopic (exact) mass is 404 g/mol. The number of aliphatic hydroxyl groups is 2. The van der Waals surface area contributed by atoms with Gasteiger partial charge in [0, 0.05) is 12.3 Å². The van der Waals surface area contributed by atoms with Gasteiger partial charge in [-0.3, -0.25) is 0 Å². The molecule has 0 amide bonds. The first-order chi connectivity index (χ1) is 13.4. The van der Waals surface area contributed by atoms with Gasteiger partial charge in [0.25, 0.3) is 0 Å². The first kappa shape index (κ1) is 21.7. The van der Waals surface area contributed by atoms with Crippen molar-refractivity contribution in [3.8, 4) is 11.5 Å². The van der Waals surface area contributed by atoms with E-state index in [1.54, 1.807) is 6.92 Å². The summed E-state index contributed by atoms with van der Waals surface area (Å²) in [5.41, 5.74) is -2.29. The molecular weight excluding hydrogens is 372 g/mol. The minimum Gasteiger partial charge on any atom is -0.504 e. The summed E-state index contributed by atoms with van der Waals surface area (Å²) < 4.78 is 11.0. The Morgan fingerprint density at radius 3 is 2.48 bits per heavy atom. The average molecular weight is 405 g/mol. The zero-order chi connectivity index (χ0) is 21.6. The Balaban J connectivity index is 1.97. The molecule has 0 bridgehead atoms.